The van der Waals surface area contributed by atoms with Gasteiger partial charge < -0.3 is 0 Å². The summed E-state index contributed by atoms with van der Waals surface area (Å²) in [4.78, 5) is 23.2. The van der Waals surface area contributed by atoms with Gasteiger partial charge >= 0.3 is 0 Å². The molecule has 0 unspecified atom stereocenters. The summed E-state index contributed by atoms with van der Waals surface area (Å²) in [6.45, 7) is 0. The first kappa shape index (κ1) is 9.04. The van der Waals surface area contributed by atoms with Gasteiger partial charge in [0.15, 0.2) is 11.6 Å². The Bertz CT molecular complexity index is 626. The molecule has 0 atom stereocenters. The lowest BCUT2D eigenvalue weighted by atomic mass is 9.95. The molecule has 0 N–H and O–H groups in total. The first-order valence-electron chi connectivity index (χ1n) is 4.97. The van der Waals surface area contributed by atoms with Crippen molar-refractivity contribution < 1.29 is 9.59 Å². The quantitative estimate of drug-likeness (QED) is 0.622. The summed E-state index contributed by atoms with van der Waals surface area (Å²) >= 11 is 0. The zero-order chi connectivity index (χ0) is 11.1. The van der Waals surface area contributed by atoms with Crippen LogP contribution in [0.2, 0.25) is 0 Å². The Labute approximate surface area is 91.9 Å². The molecule has 75 valence electrons. The fraction of sp³-hybridized carbons (Fsp3) is 0. The highest BCUT2D eigenvalue weighted by molar-refractivity contribution is 6.09. The predicted octanol–water partition coefficient (Wildman–Crippen LogP) is 0.556. The van der Waals surface area contributed by atoms with Gasteiger partial charge in [-0.3, -0.25) is 9.59 Å². The van der Waals surface area contributed by atoms with Crippen molar-refractivity contribution in [1.82, 2.24) is 0 Å². The van der Waals surface area contributed by atoms with Gasteiger partial charge in [-0.1, -0.05) is 18.2 Å². The molecule has 0 spiro atoms. The number of hydrogen-bond donors (Lipinski definition) is 0. The molecule has 1 radical (unpaired) electrons. The first-order chi connectivity index (χ1) is 7.75. The van der Waals surface area contributed by atoms with E-state index in [1.54, 1.807) is 30.4 Å². The molecular weight excluding hydrogens is 200 g/mol. The average Bonchev–Trinajstić information content (AvgIpc) is 2.29. The van der Waals surface area contributed by atoms with Crippen molar-refractivity contribution in [3.05, 3.63) is 58.0 Å². The van der Waals surface area contributed by atoms with Gasteiger partial charge in [0, 0.05) is 17.2 Å². The number of carbonyl (C=O) groups excluding carboxylic acids is 2. The molecule has 0 bridgehead atoms. The monoisotopic (exact) mass is 207 g/mol. The van der Waals surface area contributed by atoms with Gasteiger partial charge in [-0.05, 0) is 34.7 Å². The summed E-state index contributed by atoms with van der Waals surface area (Å²) in [6.07, 6.45) is 11.1. The first-order valence-corrected chi connectivity index (χ1v) is 4.97. The van der Waals surface area contributed by atoms with Gasteiger partial charge in [0.05, 0.1) is 0 Å². The second kappa shape index (κ2) is 3.14. The lowest BCUT2D eigenvalue weighted by Gasteiger charge is -2.07. The zero-order valence-electron chi connectivity index (χ0n) is 8.36. The molecule has 3 rings (SSSR count). The lowest BCUT2D eigenvalue weighted by Crippen LogP contribution is -2.26. The summed E-state index contributed by atoms with van der Waals surface area (Å²) in [5, 5.41) is 1.59. The van der Waals surface area contributed by atoms with E-state index in [-0.39, 0.29) is 11.6 Å². The van der Waals surface area contributed by atoms with Crippen LogP contribution in [0.15, 0.2) is 30.4 Å². The molecule has 2 heteroatoms. The van der Waals surface area contributed by atoms with E-state index in [1.165, 1.54) is 6.08 Å². The van der Waals surface area contributed by atoms with Crippen LogP contribution >= 0.6 is 0 Å². The van der Waals surface area contributed by atoms with Gasteiger partial charge in [-0.15, -0.1) is 0 Å². The molecule has 16 heavy (non-hydrogen) atoms. The highest BCUT2D eigenvalue weighted by Gasteiger charge is 2.13. The molecule has 0 amide bonds. The summed E-state index contributed by atoms with van der Waals surface area (Å²) < 4.78 is 0. The van der Waals surface area contributed by atoms with Crippen molar-refractivity contribution in [3.63, 3.8) is 0 Å². The number of carbonyl (C=O) groups is 2. The Morgan fingerprint density at radius 3 is 2.56 bits per heavy atom. The van der Waals surface area contributed by atoms with E-state index in [1.807, 2.05) is 6.08 Å². The Balaban J connectivity index is 2.43. The maximum Gasteiger partial charge on any atom is 0.194 e. The van der Waals surface area contributed by atoms with Crippen molar-refractivity contribution in [2.45, 2.75) is 0 Å². The molecule has 1 aromatic rings. The van der Waals surface area contributed by atoms with E-state index >= 15 is 0 Å². The third kappa shape index (κ3) is 1.20. The topological polar surface area (TPSA) is 34.1 Å². The van der Waals surface area contributed by atoms with Crippen LogP contribution in [0, 0.1) is 6.08 Å². The third-order valence-electron chi connectivity index (χ3n) is 2.73. The van der Waals surface area contributed by atoms with Crippen LogP contribution in [0.3, 0.4) is 0 Å². The number of benzene rings is 1. The van der Waals surface area contributed by atoms with E-state index in [0.717, 1.165) is 10.4 Å². The summed E-state index contributed by atoms with van der Waals surface area (Å²) in [7, 11) is 0. The normalized spacial score (nSPS) is 16.2. The second-order valence-electron chi connectivity index (χ2n) is 3.72. The molecule has 2 nitrogen and oxygen atoms in total. The minimum atomic E-state index is -0.129. The highest BCUT2D eigenvalue weighted by atomic mass is 16.1. The number of hydrogen-bond acceptors (Lipinski definition) is 2. The van der Waals surface area contributed by atoms with Crippen LogP contribution < -0.4 is 10.4 Å². The number of rotatable bonds is 0. The van der Waals surface area contributed by atoms with Gasteiger partial charge in [-0.25, -0.2) is 0 Å². The Hall–Kier alpha value is -2.22. The van der Waals surface area contributed by atoms with Crippen LogP contribution in [0.4, 0.5) is 0 Å². The van der Waals surface area contributed by atoms with Crippen molar-refractivity contribution in [3.8, 4) is 0 Å². The fourth-order valence-electron chi connectivity index (χ4n) is 1.93. The molecule has 2 aliphatic rings. The zero-order valence-corrected chi connectivity index (χ0v) is 8.36. The van der Waals surface area contributed by atoms with E-state index in [0.29, 0.717) is 11.1 Å². The highest BCUT2D eigenvalue weighted by Crippen LogP contribution is 2.03. The summed E-state index contributed by atoms with van der Waals surface area (Å²) in [5.41, 5.74) is 1.27. The van der Waals surface area contributed by atoms with Gasteiger partial charge in [0.1, 0.15) is 0 Å². The molecule has 0 aromatic heterocycles. The SMILES string of the molecule is O=C1[C]=CC=c2cc3c(cc21)=CC=CC3=O. The average molecular weight is 207 g/mol. The van der Waals surface area contributed by atoms with Crippen LogP contribution in [-0.4, -0.2) is 11.6 Å². The molecular formula is C14H7O2. The van der Waals surface area contributed by atoms with Gasteiger partial charge in [-0.2, -0.15) is 0 Å². The maximum absolute atomic E-state index is 11.6. The van der Waals surface area contributed by atoms with Crippen molar-refractivity contribution >= 4 is 23.7 Å². The van der Waals surface area contributed by atoms with Crippen LogP contribution in [0.25, 0.3) is 12.2 Å². The Morgan fingerprint density at radius 1 is 0.938 bits per heavy atom. The van der Waals surface area contributed by atoms with Crippen molar-refractivity contribution in [2.75, 3.05) is 0 Å². The molecule has 1 aromatic carbocycles. The van der Waals surface area contributed by atoms with Crippen molar-refractivity contribution in [2.24, 2.45) is 0 Å². The Morgan fingerprint density at radius 2 is 1.69 bits per heavy atom. The summed E-state index contributed by atoms with van der Waals surface area (Å²) in [5.74, 6) is -0.143. The van der Waals surface area contributed by atoms with Crippen LogP contribution in [0.1, 0.15) is 20.7 Å². The van der Waals surface area contributed by atoms with E-state index in [4.69, 9.17) is 0 Å². The molecule has 0 heterocycles. The standard InChI is InChI=1S/C14H7O2/c15-13-5-1-3-9-7-12-10(8-11(9)13)4-2-6-14(12)16/h1-5,7-8H. The van der Waals surface area contributed by atoms with Crippen LogP contribution in [0.5, 0.6) is 0 Å². The molecule has 0 saturated heterocycles. The third-order valence-corrected chi connectivity index (χ3v) is 2.73. The smallest absolute Gasteiger partial charge is 0.194 e. The second-order valence-corrected chi connectivity index (χ2v) is 3.72. The molecule has 0 saturated carbocycles. The molecule has 0 fully saturated rings. The fourth-order valence-corrected chi connectivity index (χ4v) is 1.93. The molecule has 0 aliphatic heterocycles. The largest absolute Gasteiger partial charge is 0.289 e. The van der Waals surface area contributed by atoms with E-state index < -0.39 is 0 Å². The van der Waals surface area contributed by atoms with E-state index in [2.05, 4.69) is 6.08 Å². The maximum atomic E-state index is 11.6. The van der Waals surface area contributed by atoms with E-state index in [9.17, 15) is 9.59 Å². The predicted molar refractivity (Wildman–Crippen MR) is 60.2 cm³/mol. The number of ketones is 2. The number of Topliss-reactive ketones (excluding diaryl/α,β-unsaturated/α-hetero) is 1. The van der Waals surface area contributed by atoms with Crippen LogP contribution in [-0.2, 0) is 0 Å². The minimum absolute atomic E-state index is 0.0142. The van der Waals surface area contributed by atoms with Gasteiger partial charge in [0.2, 0.25) is 0 Å². The lowest BCUT2D eigenvalue weighted by molar-refractivity contribution is 0.102. The molecule has 2 aliphatic carbocycles. The van der Waals surface area contributed by atoms with Gasteiger partial charge in [0.25, 0.3) is 0 Å². The number of fused-ring (bicyclic) bond motifs is 2. The minimum Gasteiger partial charge on any atom is -0.289 e. The Kier molecular flexibility index (Phi) is 1.77. The number of allylic oxidation sites excluding steroid dienone is 4. The van der Waals surface area contributed by atoms with Crippen molar-refractivity contribution in [1.29, 1.82) is 0 Å². The summed E-state index contributed by atoms with van der Waals surface area (Å²) in [6, 6.07) is 3.52.